The third-order valence-corrected chi connectivity index (χ3v) is 3.30. The highest BCUT2D eigenvalue weighted by molar-refractivity contribution is 7.98. The van der Waals surface area contributed by atoms with Crippen molar-refractivity contribution in [2.75, 3.05) is 30.9 Å². The van der Waals surface area contributed by atoms with Gasteiger partial charge in [-0.25, -0.2) is 9.37 Å². The van der Waals surface area contributed by atoms with Crippen molar-refractivity contribution in [3.05, 3.63) is 23.6 Å². The molecule has 1 unspecified atom stereocenters. The topological polar surface area (TPSA) is 54.0 Å². The van der Waals surface area contributed by atoms with Crippen molar-refractivity contribution < 1.29 is 9.18 Å². The van der Waals surface area contributed by atoms with Crippen LogP contribution in [0, 0.1) is 11.7 Å². The van der Waals surface area contributed by atoms with E-state index in [1.807, 2.05) is 6.26 Å². The van der Waals surface area contributed by atoms with Gasteiger partial charge >= 0.3 is 0 Å². The minimum Gasteiger partial charge on any atom is -0.372 e. The number of carbonyl (C=O) groups excluding carboxylic acids is 1. The highest BCUT2D eigenvalue weighted by Gasteiger charge is 2.13. The zero-order valence-electron chi connectivity index (χ0n) is 10.8. The van der Waals surface area contributed by atoms with Gasteiger partial charge in [0.1, 0.15) is 11.6 Å². The Balaban J connectivity index is 2.68. The first-order chi connectivity index (χ1) is 8.58. The summed E-state index contributed by atoms with van der Waals surface area (Å²) in [6.07, 6.45) is 3.10. The largest absolute Gasteiger partial charge is 0.372 e. The van der Waals surface area contributed by atoms with Crippen molar-refractivity contribution in [1.82, 2.24) is 10.3 Å². The number of hydrogen-bond acceptors (Lipinski definition) is 4. The molecule has 0 saturated heterocycles. The number of nitrogens with one attached hydrogen (secondary N) is 2. The Morgan fingerprint density at radius 3 is 2.94 bits per heavy atom. The molecule has 1 atom stereocenters. The fraction of sp³-hybridized carbons (Fsp3) is 0.500. The molecular weight excluding hydrogens is 253 g/mol. The van der Waals surface area contributed by atoms with E-state index in [9.17, 15) is 9.18 Å². The number of pyridine rings is 1. The smallest absolute Gasteiger partial charge is 0.255 e. The molecule has 0 aliphatic carbocycles. The third kappa shape index (κ3) is 4.18. The monoisotopic (exact) mass is 271 g/mol. The average Bonchev–Trinajstić information content (AvgIpc) is 2.36. The second kappa shape index (κ2) is 7.20. The summed E-state index contributed by atoms with van der Waals surface area (Å²) in [7, 11) is 1.65. The number of anilines is 1. The van der Waals surface area contributed by atoms with E-state index in [1.165, 1.54) is 6.07 Å². The molecule has 1 heterocycles. The Morgan fingerprint density at radius 2 is 2.33 bits per heavy atom. The van der Waals surface area contributed by atoms with Crippen LogP contribution in [0.4, 0.5) is 10.2 Å². The average molecular weight is 271 g/mol. The maximum atomic E-state index is 13.1. The number of hydrogen-bond donors (Lipinski definition) is 2. The molecular formula is C12H18FN3OS. The van der Waals surface area contributed by atoms with Gasteiger partial charge in [-0.2, -0.15) is 11.8 Å². The van der Waals surface area contributed by atoms with Crippen LogP contribution in [0.3, 0.4) is 0 Å². The summed E-state index contributed by atoms with van der Waals surface area (Å²) in [4.78, 5) is 15.8. The molecule has 0 fully saturated rings. The molecule has 1 amide bonds. The SMILES string of the molecule is CNc1ncc(F)cc1C(=O)NCC(C)CSC. The zero-order valence-corrected chi connectivity index (χ0v) is 11.6. The van der Waals surface area contributed by atoms with E-state index in [0.717, 1.165) is 11.9 Å². The maximum Gasteiger partial charge on any atom is 0.255 e. The molecule has 6 heteroatoms. The van der Waals surface area contributed by atoms with Crippen LogP contribution in [0.25, 0.3) is 0 Å². The number of rotatable bonds is 6. The lowest BCUT2D eigenvalue weighted by Gasteiger charge is -2.12. The number of halogens is 1. The molecule has 0 aliphatic rings. The van der Waals surface area contributed by atoms with Crippen molar-refractivity contribution >= 4 is 23.5 Å². The molecule has 100 valence electrons. The first kappa shape index (κ1) is 14.8. The summed E-state index contributed by atoms with van der Waals surface area (Å²) in [6, 6.07) is 1.19. The van der Waals surface area contributed by atoms with Gasteiger partial charge in [-0.15, -0.1) is 0 Å². The van der Waals surface area contributed by atoms with Crippen molar-refractivity contribution in [1.29, 1.82) is 0 Å². The normalized spacial score (nSPS) is 12.0. The summed E-state index contributed by atoms with van der Waals surface area (Å²) in [6.45, 7) is 2.62. The van der Waals surface area contributed by atoms with E-state index in [4.69, 9.17) is 0 Å². The van der Waals surface area contributed by atoms with E-state index in [0.29, 0.717) is 18.3 Å². The van der Waals surface area contributed by atoms with Crippen LogP contribution >= 0.6 is 11.8 Å². The Kier molecular flexibility index (Phi) is 5.91. The number of amides is 1. The van der Waals surface area contributed by atoms with Gasteiger partial charge in [0, 0.05) is 13.6 Å². The van der Waals surface area contributed by atoms with Crippen molar-refractivity contribution in [3.63, 3.8) is 0 Å². The van der Waals surface area contributed by atoms with Gasteiger partial charge < -0.3 is 10.6 Å². The number of nitrogens with zero attached hydrogens (tertiary/aromatic N) is 1. The summed E-state index contributed by atoms with van der Waals surface area (Å²) in [5, 5.41) is 5.56. The lowest BCUT2D eigenvalue weighted by Crippen LogP contribution is -2.30. The second-order valence-electron chi connectivity index (χ2n) is 4.07. The molecule has 1 aromatic rings. The zero-order chi connectivity index (χ0) is 13.5. The molecule has 18 heavy (non-hydrogen) atoms. The van der Waals surface area contributed by atoms with Crippen LogP contribution in [0.15, 0.2) is 12.3 Å². The molecule has 0 aromatic carbocycles. The third-order valence-electron chi connectivity index (χ3n) is 2.40. The highest BCUT2D eigenvalue weighted by Crippen LogP contribution is 2.13. The number of carbonyl (C=O) groups is 1. The van der Waals surface area contributed by atoms with Crippen LogP contribution in [-0.4, -0.2) is 36.5 Å². The van der Waals surface area contributed by atoms with Gasteiger partial charge in [0.2, 0.25) is 0 Å². The molecule has 0 radical (unpaired) electrons. The second-order valence-corrected chi connectivity index (χ2v) is 4.98. The standard InChI is InChI=1S/C12H18FN3OS/c1-8(7-18-3)5-16-12(17)10-4-9(13)6-15-11(10)14-2/h4,6,8H,5,7H2,1-3H3,(H,14,15)(H,16,17). The van der Waals surface area contributed by atoms with Gasteiger partial charge in [0.15, 0.2) is 0 Å². The van der Waals surface area contributed by atoms with Crippen molar-refractivity contribution in [2.24, 2.45) is 5.92 Å². The minimum atomic E-state index is -0.517. The molecule has 0 spiro atoms. The van der Waals surface area contributed by atoms with Gasteiger partial charge in [-0.05, 0) is 24.0 Å². The Hall–Kier alpha value is -1.30. The van der Waals surface area contributed by atoms with Crippen molar-refractivity contribution in [2.45, 2.75) is 6.92 Å². The molecule has 0 saturated carbocycles. The predicted molar refractivity (Wildman–Crippen MR) is 73.6 cm³/mol. The molecule has 0 aliphatic heterocycles. The molecule has 2 N–H and O–H groups in total. The Labute approximate surface area is 111 Å². The molecule has 0 bridgehead atoms. The number of aromatic nitrogens is 1. The lowest BCUT2D eigenvalue weighted by molar-refractivity contribution is 0.0949. The number of thioether (sulfide) groups is 1. The minimum absolute atomic E-state index is 0.230. The van der Waals surface area contributed by atoms with Crippen LogP contribution in [0.5, 0.6) is 0 Å². The summed E-state index contributed by atoms with van der Waals surface area (Å²) >= 11 is 1.73. The summed E-state index contributed by atoms with van der Waals surface area (Å²) in [5.41, 5.74) is 0.230. The lowest BCUT2D eigenvalue weighted by atomic mass is 10.2. The van der Waals surface area contributed by atoms with E-state index in [2.05, 4.69) is 22.5 Å². The van der Waals surface area contributed by atoms with E-state index in [1.54, 1.807) is 18.8 Å². The van der Waals surface area contributed by atoms with Crippen LogP contribution < -0.4 is 10.6 Å². The predicted octanol–water partition coefficient (Wildman–Crippen LogP) is 1.99. The van der Waals surface area contributed by atoms with Gasteiger partial charge in [-0.1, -0.05) is 6.92 Å². The van der Waals surface area contributed by atoms with Gasteiger partial charge in [0.25, 0.3) is 5.91 Å². The Bertz CT molecular complexity index is 414. The first-order valence-corrected chi connectivity index (χ1v) is 7.08. The van der Waals surface area contributed by atoms with Gasteiger partial charge in [-0.3, -0.25) is 4.79 Å². The first-order valence-electron chi connectivity index (χ1n) is 5.69. The van der Waals surface area contributed by atoms with Crippen LogP contribution in [0.1, 0.15) is 17.3 Å². The van der Waals surface area contributed by atoms with Crippen molar-refractivity contribution in [3.8, 4) is 0 Å². The summed E-state index contributed by atoms with van der Waals surface area (Å²) in [5.74, 6) is 0.908. The van der Waals surface area contributed by atoms with Crippen LogP contribution in [-0.2, 0) is 0 Å². The quantitative estimate of drug-likeness (QED) is 0.831. The molecule has 1 rings (SSSR count). The Morgan fingerprint density at radius 1 is 1.61 bits per heavy atom. The molecule has 1 aromatic heterocycles. The van der Waals surface area contributed by atoms with Gasteiger partial charge in [0.05, 0.1) is 11.8 Å². The van der Waals surface area contributed by atoms with E-state index >= 15 is 0 Å². The fourth-order valence-electron chi connectivity index (χ4n) is 1.52. The summed E-state index contributed by atoms with van der Waals surface area (Å²) < 4.78 is 13.1. The van der Waals surface area contributed by atoms with E-state index < -0.39 is 5.82 Å². The van der Waals surface area contributed by atoms with Crippen LogP contribution in [0.2, 0.25) is 0 Å². The highest BCUT2D eigenvalue weighted by atomic mass is 32.2. The van der Waals surface area contributed by atoms with E-state index in [-0.39, 0.29) is 11.5 Å². The maximum absolute atomic E-state index is 13.1. The molecule has 4 nitrogen and oxygen atoms in total. The fourth-order valence-corrected chi connectivity index (χ4v) is 2.20.